The molecule has 2 aromatic heterocycles. The number of aromatic nitrogens is 3. The van der Waals surface area contributed by atoms with Crippen LogP contribution in [0, 0.1) is 12.4 Å². The average Bonchev–Trinajstić information content (AvgIpc) is 3.53. The quantitative estimate of drug-likeness (QED) is 0.415. The van der Waals surface area contributed by atoms with Gasteiger partial charge < -0.3 is 15.0 Å². The van der Waals surface area contributed by atoms with Crippen LogP contribution < -0.4 is 10.1 Å². The Morgan fingerprint density at radius 1 is 1.22 bits per heavy atom. The summed E-state index contributed by atoms with van der Waals surface area (Å²) in [6.07, 6.45) is 3.95. The molecule has 6 rings (SSSR count). The molecule has 1 amide bonds. The first-order valence-corrected chi connectivity index (χ1v) is 11.8. The lowest BCUT2D eigenvalue weighted by molar-refractivity contribution is 0.0686. The van der Waals surface area contributed by atoms with E-state index in [4.69, 9.17) is 11.3 Å². The molecule has 36 heavy (non-hydrogen) atoms. The Morgan fingerprint density at radius 3 is 2.89 bits per heavy atom. The first-order valence-electron chi connectivity index (χ1n) is 11.8. The van der Waals surface area contributed by atoms with Crippen LogP contribution in [0.25, 0.3) is 21.5 Å². The lowest BCUT2D eigenvalue weighted by atomic mass is 9.96. The van der Waals surface area contributed by atoms with Crippen LogP contribution in [0.1, 0.15) is 41.0 Å². The fourth-order valence-electron chi connectivity index (χ4n) is 5.03. The maximum absolute atomic E-state index is 14.7. The van der Waals surface area contributed by atoms with E-state index in [0.717, 1.165) is 22.3 Å². The number of hydrogen-bond donors (Lipinski definition) is 1. The highest BCUT2D eigenvalue weighted by molar-refractivity contribution is 6.04. The zero-order valence-electron chi connectivity index (χ0n) is 19.9. The predicted octanol–water partition coefficient (Wildman–Crippen LogP) is 5.00. The summed E-state index contributed by atoms with van der Waals surface area (Å²) in [5.74, 6) is 0.678. The van der Waals surface area contributed by atoms with Crippen LogP contribution in [-0.2, 0) is 19.5 Å². The van der Waals surface area contributed by atoms with Gasteiger partial charge in [-0.25, -0.2) is 19.2 Å². The van der Waals surface area contributed by atoms with E-state index >= 15 is 0 Å². The standard InChI is InChI=1S/C27H23FN6O2/c1-15(2)33-13-16-10-17(29-3)4-5-18(16)21-12-31-27(34-14-32-24(25(21)34)26(33)35)30-11-20-19-8-9-36-23(19)7-6-22(20)28/h4-7,10,12,14-15H,8-9,11,13H2,1-2H3,(H,30,31). The number of carbonyl (C=O) groups excluding carboxylic acids is 1. The van der Waals surface area contributed by atoms with Crippen molar-refractivity contribution in [1.82, 2.24) is 19.3 Å². The van der Waals surface area contributed by atoms with Crippen LogP contribution >= 0.6 is 0 Å². The Hall–Kier alpha value is -4.45. The van der Waals surface area contributed by atoms with Gasteiger partial charge >= 0.3 is 0 Å². The molecule has 180 valence electrons. The van der Waals surface area contributed by atoms with E-state index in [1.807, 2.05) is 26.0 Å². The van der Waals surface area contributed by atoms with Gasteiger partial charge in [0.1, 0.15) is 17.9 Å². The van der Waals surface area contributed by atoms with E-state index < -0.39 is 0 Å². The maximum atomic E-state index is 14.7. The summed E-state index contributed by atoms with van der Waals surface area (Å²) in [7, 11) is 0. The van der Waals surface area contributed by atoms with Crippen molar-refractivity contribution in [2.75, 3.05) is 11.9 Å². The highest BCUT2D eigenvalue weighted by Gasteiger charge is 2.30. The largest absolute Gasteiger partial charge is 0.493 e. The third-order valence-electron chi connectivity index (χ3n) is 6.87. The second-order valence-corrected chi connectivity index (χ2v) is 9.24. The third-order valence-corrected chi connectivity index (χ3v) is 6.87. The van der Waals surface area contributed by atoms with Gasteiger partial charge in [0.05, 0.1) is 18.7 Å². The fraction of sp³-hybridized carbons (Fsp3) is 0.259. The molecule has 0 saturated carbocycles. The summed E-state index contributed by atoms with van der Waals surface area (Å²) in [5.41, 5.74) is 5.43. The molecule has 0 fully saturated rings. The molecule has 0 aliphatic carbocycles. The van der Waals surface area contributed by atoms with Crippen molar-refractivity contribution in [3.8, 4) is 16.9 Å². The van der Waals surface area contributed by atoms with Crippen molar-refractivity contribution in [3.05, 3.63) is 82.5 Å². The van der Waals surface area contributed by atoms with Crippen molar-refractivity contribution in [2.45, 2.75) is 39.4 Å². The monoisotopic (exact) mass is 482 g/mol. The molecular formula is C27H23FN6O2. The maximum Gasteiger partial charge on any atom is 0.275 e. The number of hydrogen-bond acceptors (Lipinski definition) is 5. The van der Waals surface area contributed by atoms with Crippen LogP contribution in [-0.4, -0.2) is 37.8 Å². The number of anilines is 1. The number of imidazole rings is 1. The van der Waals surface area contributed by atoms with Crippen LogP contribution in [0.3, 0.4) is 0 Å². The molecule has 2 aliphatic rings. The molecule has 4 heterocycles. The molecule has 0 atom stereocenters. The molecule has 0 saturated heterocycles. The molecular weight excluding hydrogens is 459 g/mol. The molecule has 0 radical (unpaired) electrons. The number of ether oxygens (including phenoxy) is 1. The first kappa shape index (κ1) is 22.0. The van der Waals surface area contributed by atoms with Gasteiger partial charge in [0.2, 0.25) is 5.95 Å². The topological polar surface area (TPSA) is 76.1 Å². The van der Waals surface area contributed by atoms with E-state index in [9.17, 15) is 9.18 Å². The van der Waals surface area contributed by atoms with Crippen LogP contribution in [0.4, 0.5) is 16.0 Å². The van der Waals surface area contributed by atoms with Gasteiger partial charge in [-0.15, -0.1) is 0 Å². The van der Waals surface area contributed by atoms with Crippen molar-refractivity contribution < 1.29 is 13.9 Å². The molecule has 0 unspecified atom stereocenters. The molecule has 9 heteroatoms. The number of amides is 1. The number of carbonyl (C=O) groups is 1. The van der Waals surface area contributed by atoms with Crippen molar-refractivity contribution >= 4 is 23.1 Å². The first-order chi connectivity index (χ1) is 17.5. The second-order valence-electron chi connectivity index (χ2n) is 9.24. The van der Waals surface area contributed by atoms with Crippen LogP contribution in [0.2, 0.25) is 0 Å². The van der Waals surface area contributed by atoms with E-state index in [-0.39, 0.29) is 24.3 Å². The van der Waals surface area contributed by atoms with Gasteiger partial charge in [0.15, 0.2) is 11.4 Å². The molecule has 2 aliphatic heterocycles. The highest BCUT2D eigenvalue weighted by Crippen LogP contribution is 2.37. The number of benzene rings is 2. The Labute approximate surface area is 207 Å². The minimum Gasteiger partial charge on any atom is -0.493 e. The molecule has 0 spiro atoms. The lowest BCUT2D eigenvalue weighted by Crippen LogP contribution is -2.37. The summed E-state index contributed by atoms with van der Waals surface area (Å²) in [6, 6.07) is 8.52. The summed E-state index contributed by atoms with van der Waals surface area (Å²) < 4.78 is 22.0. The molecule has 4 aromatic rings. The number of nitrogens with zero attached hydrogens (tertiary/aromatic N) is 5. The van der Waals surface area contributed by atoms with E-state index in [1.165, 1.54) is 6.07 Å². The van der Waals surface area contributed by atoms with Crippen molar-refractivity contribution in [2.24, 2.45) is 0 Å². The van der Waals surface area contributed by atoms with Gasteiger partial charge in [-0.1, -0.05) is 18.2 Å². The summed E-state index contributed by atoms with van der Waals surface area (Å²) in [4.78, 5) is 28.0. The van der Waals surface area contributed by atoms with Crippen LogP contribution in [0.5, 0.6) is 5.75 Å². The Bertz CT molecular complexity index is 1590. The minimum atomic E-state index is -0.298. The van der Waals surface area contributed by atoms with Crippen LogP contribution in [0.15, 0.2) is 42.9 Å². The van der Waals surface area contributed by atoms with E-state index in [1.54, 1.807) is 34.0 Å². The smallest absolute Gasteiger partial charge is 0.275 e. The van der Waals surface area contributed by atoms with Gasteiger partial charge in [0, 0.05) is 48.4 Å². The predicted molar refractivity (Wildman–Crippen MR) is 133 cm³/mol. The average molecular weight is 483 g/mol. The van der Waals surface area contributed by atoms with Gasteiger partial charge in [0.25, 0.3) is 5.91 Å². The van der Waals surface area contributed by atoms with Crippen molar-refractivity contribution in [3.63, 3.8) is 0 Å². The van der Waals surface area contributed by atoms with Gasteiger partial charge in [-0.2, -0.15) is 0 Å². The molecule has 2 aromatic carbocycles. The minimum absolute atomic E-state index is 0.0648. The lowest BCUT2D eigenvalue weighted by Gasteiger charge is -2.29. The zero-order chi connectivity index (χ0) is 25.0. The third kappa shape index (κ3) is 3.37. The summed E-state index contributed by atoms with van der Waals surface area (Å²) in [6.45, 7) is 12.5. The Morgan fingerprint density at radius 2 is 2.08 bits per heavy atom. The number of halogens is 1. The van der Waals surface area contributed by atoms with E-state index in [2.05, 4.69) is 20.1 Å². The second kappa shape index (κ2) is 8.34. The van der Waals surface area contributed by atoms with Crippen molar-refractivity contribution in [1.29, 1.82) is 0 Å². The SMILES string of the molecule is [C-]#[N+]c1ccc2c(c1)CN(C(C)C)C(=O)c1ncn3c(NCc4c(F)ccc5c4CCO5)ncc-2c13. The zero-order valence-corrected chi connectivity index (χ0v) is 19.9. The van der Waals surface area contributed by atoms with Gasteiger partial charge in [-0.05, 0) is 37.1 Å². The number of rotatable bonds is 4. The van der Waals surface area contributed by atoms with E-state index in [0.29, 0.717) is 53.7 Å². The highest BCUT2D eigenvalue weighted by atomic mass is 19.1. The normalized spacial score (nSPS) is 14.2. The number of fused-ring (bicyclic) bond motifs is 3. The molecule has 1 N–H and O–H groups in total. The summed E-state index contributed by atoms with van der Waals surface area (Å²) in [5, 5.41) is 3.24. The Balaban J connectivity index is 1.48. The molecule has 8 nitrogen and oxygen atoms in total. The molecule has 0 bridgehead atoms. The van der Waals surface area contributed by atoms with Gasteiger partial charge in [-0.3, -0.25) is 9.20 Å². The Kier molecular flexibility index (Phi) is 5.11. The summed E-state index contributed by atoms with van der Waals surface area (Å²) >= 11 is 0. The number of nitrogens with one attached hydrogen (secondary N) is 1. The fourth-order valence-corrected chi connectivity index (χ4v) is 5.03.